The Morgan fingerprint density at radius 3 is 2.52 bits per heavy atom. The number of aryl methyl sites for hydroxylation is 1. The zero-order valence-electron chi connectivity index (χ0n) is 17.6. The van der Waals surface area contributed by atoms with Gasteiger partial charge in [-0.2, -0.15) is 0 Å². The lowest BCUT2D eigenvalue weighted by Crippen LogP contribution is -2.47. The number of fused-ring (bicyclic) bond motifs is 1. The molecule has 1 aromatic heterocycles. The third kappa shape index (κ3) is 6.23. The van der Waals surface area contributed by atoms with Crippen LogP contribution in [0, 0.1) is 6.92 Å². The zero-order chi connectivity index (χ0) is 20.2. The van der Waals surface area contributed by atoms with Gasteiger partial charge >= 0.3 is 6.03 Å². The third-order valence-electron chi connectivity index (χ3n) is 5.47. The van der Waals surface area contributed by atoms with Crippen LogP contribution in [0.25, 0.3) is 10.9 Å². The molecule has 166 valence electrons. The van der Waals surface area contributed by atoms with Gasteiger partial charge < -0.3 is 16.0 Å². The predicted octanol–water partition coefficient (Wildman–Crippen LogP) is 4.24. The van der Waals surface area contributed by atoms with E-state index >= 15 is 0 Å². The van der Waals surface area contributed by atoms with Crippen molar-refractivity contribution in [2.45, 2.75) is 13.3 Å². The summed E-state index contributed by atoms with van der Waals surface area (Å²) in [5.41, 5.74) is 10.5. The van der Waals surface area contributed by atoms with E-state index in [1.54, 1.807) is 0 Å². The summed E-state index contributed by atoms with van der Waals surface area (Å²) in [7, 11) is 0. The van der Waals surface area contributed by atoms with Crippen molar-refractivity contribution in [3.8, 4) is 0 Å². The highest BCUT2D eigenvalue weighted by Crippen LogP contribution is 2.27. The molecule has 0 atom stereocenters. The van der Waals surface area contributed by atoms with E-state index in [0.29, 0.717) is 0 Å². The molecule has 4 rings (SSSR count). The summed E-state index contributed by atoms with van der Waals surface area (Å²) >= 11 is 0. The molecular formula is C23H29Cl2N5O. The Labute approximate surface area is 195 Å². The highest BCUT2D eigenvalue weighted by Gasteiger charge is 2.18. The molecule has 8 heteroatoms. The van der Waals surface area contributed by atoms with Crippen LogP contribution in [0.1, 0.15) is 11.3 Å². The van der Waals surface area contributed by atoms with Gasteiger partial charge in [0.25, 0.3) is 0 Å². The lowest BCUT2D eigenvalue weighted by atomic mass is 10.1. The fourth-order valence-electron chi connectivity index (χ4n) is 3.96. The average molecular weight is 462 g/mol. The second kappa shape index (κ2) is 11.2. The topological polar surface area (TPSA) is 74.5 Å². The molecule has 6 nitrogen and oxygen atoms in total. The van der Waals surface area contributed by atoms with Crippen LogP contribution >= 0.6 is 24.8 Å². The number of halogens is 2. The van der Waals surface area contributed by atoms with Crippen LogP contribution in [0.15, 0.2) is 54.6 Å². The van der Waals surface area contributed by atoms with Crippen LogP contribution in [0.5, 0.6) is 0 Å². The van der Waals surface area contributed by atoms with Gasteiger partial charge in [0.1, 0.15) is 0 Å². The maximum Gasteiger partial charge on any atom is 0.316 e. The van der Waals surface area contributed by atoms with Gasteiger partial charge in [-0.05, 0) is 55.3 Å². The molecule has 3 aromatic rings. The van der Waals surface area contributed by atoms with Gasteiger partial charge in [-0.15, -0.1) is 24.8 Å². The molecule has 0 unspecified atom stereocenters. The van der Waals surface area contributed by atoms with E-state index in [1.807, 2.05) is 25.1 Å². The molecule has 1 aliphatic heterocycles. The molecule has 1 fully saturated rings. The van der Waals surface area contributed by atoms with Crippen molar-refractivity contribution in [1.29, 1.82) is 0 Å². The summed E-state index contributed by atoms with van der Waals surface area (Å²) in [6.45, 7) is 7.13. The van der Waals surface area contributed by atoms with Gasteiger partial charge in [0.15, 0.2) is 0 Å². The summed E-state index contributed by atoms with van der Waals surface area (Å²) in [4.78, 5) is 20.7. The Morgan fingerprint density at radius 2 is 1.77 bits per heavy atom. The molecule has 1 saturated heterocycles. The van der Waals surface area contributed by atoms with Gasteiger partial charge in [-0.1, -0.05) is 18.2 Å². The number of piperazine rings is 1. The van der Waals surface area contributed by atoms with Crippen LogP contribution in [-0.2, 0) is 6.42 Å². The second-order valence-corrected chi connectivity index (χ2v) is 7.56. The van der Waals surface area contributed by atoms with E-state index < -0.39 is 6.03 Å². The summed E-state index contributed by atoms with van der Waals surface area (Å²) in [6.07, 6.45) is 0.950. The Balaban J connectivity index is 0.00000171. The van der Waals surface area contributed by atoms with Crippen molar-refractivity contribution in [2.75, 3.05) is 42.9 Å². The molecule has 31 heavy (non-hydrogen) atoms. The molecule has 0 spiro atoms. The number of rotatable bonds is 5. The van der Waals surface area contributed by atoms with E-state index in [0.717, 1.165) is 56.0 Å². The first-order valence-electron chi connectivity index (χ1n) is 10.1. The maximum absolute atomic E-state index is 11.0. The van der Waals surface area contributed by atoms with Crippen molar-refractivity contribution in [2.24, 2.45) is 5.73 Å². The van der Waals surface area contributed by atoms with Crippen LogP contribution in [0.2, 0.25) is 0 Å². The van der Waals surface area contributed by atoms with Gasteiger partial charge in [0.05, 0.1) is 5.52 Å². The number of nitrogens with two attached hydrogens (primary N) is 1. The minimum Gasteiger partial charge on any atom is -0.368 e. The number of carbonyl (C=O) groups excluding carboxylic acids is 1. The fraction of sp³-hybridized carbons (Fsp3) is 0.304. The molecule has 0 bridgehead atoms. The first-order chi connectivity index (χ1) is 14.1. The number of benzene rings is 2. The number of aromatic nitrogens is 1. The normalized spacial score (nSPS) is 13.9. The van der Waals surface area contributed by atoms with Crippen LogP contribution in [-0.4, -0.2) is 48.6 Å². The minimum absolute atomic E-state index is 0. The number of primary amides is 1. The molecule has 0 saturated carbocycles. The van der Waals surface area contributed by atoms with Crippen LogP contribution in [0.4, 0.5) is 16.2 Å². The van der Waals surface area contributed by atoms with Crippen molar-refractivity contribution in [3.63, 3.8) is 0 Å². The molecule has 0 aliphatic carbocycles. The summed E-state index contributed by atoms with van der Waals surface area (Å²) in [5.74, 6) is 0. The van der Waals surface area contributed by atoms with Crippen LogP contribution in [0.3, 0.4) is 0 Å². The number of nitrogens with one attached hydrogen (secondary N) is 1. The molecule has 2 heterocycles. The number of hydrogen-bond acceptors (Lipinski definition) is 4. The quantitative estimate of drug-likeness (QED) is 0.595. The summed E-state index contributed by atoms with van der Waals surface area (Å²) in [5, 5.41) is 3.87. The number of carbonyl (C=O) groups is 1. The van der Waals surface area contributed by atoms with E-state index in [9.17, 15) is 4.79 Å². The lowest BCUT2D eigenvalue weighted by molar-refractivity contribution is 0.259. The minimum atomic E-state index is -0.530. The van der Waals surface area contributed by atoms with Crippen molar-refractivity contribution in [1.82, 2.24) is 9.88 Å². The van der Waals surface area contributed by atoms with E-state index in [1.165, 1.54) is 16.6 Å². The van der Waals surface area contributed by atoms with Crippen molar-refractivity contribution >= 4 is 53.1 Å². The Hall–Kier alpha value is -2.54. The van der Waals surface area contributed by atoms with E-state index in [4.69, 9.17) is 5.73 Å². The zero-order valence-corrected chi connectivity index (χ0v) is 19.2. The Kier molecular flexibility index (Phi) is 8.92. The number of urea groups is 1. The molecular weight excluding hydrogens is 433 g/mol. The van der Waals surface area contributed by atoms with Crippen LogP contribution < -0.4 is 16.0 Å². The summed E-state index contributed by atoms with van der Waals surface area (Å²) in [6, 6.07) is 18.0. The first-order valence-corrected chi connectivity index (χ1v) is 10.1. The van der Waals surface area contributed by atoms with Gasteiger partial charge in [0.2, 0.25) is 0 Å². The van der Waals surface area contributed by atoms with E-state index in [-0.39, 0.29) is 24.8 Å². The molecule has 0 radical (unpaired) electrons. The highest BCUT2D eigenvalue weighted by atomic mass is 35.5. The average Bonchev–Trinajstić information content (AvgIpc) is 2.72. The molecule has 3 N–H and O–H groups in total. The number of pyridine rings is 1. The Morgan fingerprint density at radius 1 is 1.03 bits per heavy atom. The first kappa shape index (κ1) is 24.7. The molecule has 2 aromatic carbocycles. The van der Waals surface area contributed by atoms with Gasteiger partial charge in [0, 0.05) is 55.2 Å². The smallest absolute Gasteiger partial charge is 0.316 e. The predicted molar refractivity (Wildman–Crippen MR) is 133 cm³/mol. The number of anilines is 2. The van der Waals surface area contributed by atoms with Gasteiger partial charge in [-0.25, -0.2) is 4.79 Å². The standard InChI is InChI=1S/C23H27N5O.2ClH/c1-17-8-9-20-21(25-17)6-3-7-22(20)28-14-12-27(13-15-28)11-10-18-4-2-5-19(16-18)26-23(24)29;;/h2-9,16H,10-15H2,1H3,(H3,24,26,29);2*1H. The largest absolute Gasteiger partial charge is 0.368 e. The third-order valence-corrected chi connectivity index (χ3v) is 5.47. The highest BCUT2D eigenvalue weighted by molar-refractivity contribution is 5.92. The van der Waals surface area contributed by atoms with Crippen molar-refractivity contribution < 1.29 is 4.79 Å². The molecule has 2 amide bonds. The number of hydrogen-bond donors (Lipinski definition) is 2. The molecule has 1 aliphatic rings. The second-order valence-electron chi connectivity index (χ2n) is 7.56. The van der Waals surface area contributed by atoms with Gasteiger partial charge in [-0.3, -0.25) is 9.88 Å². The fourth-order valence-corrected chi connectivity index (χ4v) is 3.96. The van der Waals surface area contributed by atoms with Crippen molar-refractivity contribution in [3.05, 3.63) is 65.9 Å². The van der Waals surface area contributed by atoms with E-state index in [2.05, 4.69) is 56.5 Å². The maximum atomic E-state index is 11.0. The SMILES string of the molecule is Cc1ccc2c(N3CCN(CCc4cccc(NC(N)=O)c4)CC3)cccc2n1.Cl.Cl. The number of nitrogens with zero attached hydrogens (tertiary/aromatic N) is 3. The number of amides is 2. The Bertz CT molecular complexity index is 1020. The lowest BCUT2D eigenvalue weighted by Gasteiger charge is -2.36. The monoisotopic (exact) mass is 461 g/mol. The summed E-state index contributed by atoms with van der Waals surface area (Å²) < 4.78 is 0.